The molecular formula is C15H17ClFNO4. The highest BCUT2D eigenvalue weighted by molar-refractivity contribution is 6.30. The molecule has 3 rings (SSSR count). The second-order valence-electron chi connectivity index (χ2n) is 5.35. The number of halogens is 2. The van der Waals surface area contributed by atoms with E-state index >= 15 is 0 Å². The summed E-state index contributed by atoms with van der Waals surface area (Å²) in [6.07, 6.45) is 1.34. The van der Waals surface area contributed by atoms with Crippen LogP contribution in [0, 0.1) is 5.82 Å². The molecule has 0 atom stereocenters. The van der Waals surface area contributed by atoms with Crippen molar-refractivity contribution in [2.75, 3.05) is 32.9 Å². The SMILES string of the molecule is O=C(COc1ccc(F)c(Cl)c1)N1CCC2(CC1)OCCO2. The van der Waals surface area contributed by atoms with Gasteiger partial charge >= 0.3 is 0 Å². The number of likely N-dealkylation sites (tertiary alicyclic amines) is 1. The molecule has 1 aromatic carbocycles. The lowest BCUT2D eigenvalue weighted by molar-refractivity contribution is -0.187. The van der Waals surface area contributed by atoms with Crippen molar-refractivity contribution in [1.29, 1.82) is 0 Å². The zero-order valence-electron chi connectivity index (χ0n) is 12.0. The van der Waals surface area contributed by atoms with Gasteiger partial charge in [0, 0.05) is 32.0 Å². The molecule has 0 bridgehead atoms. The molecule has 2 saturated heterocycles. The molecule has 0 unspecified atom stereocenters. The average molecular weight is 330 g/mol. The van der Waals surface area contributed by atoms with E-state index in [0.717, 1.165) is 0 Å². The van der Waals surface area contributed by atoms with E-state index in [0.29, 0.717) is 44.9 Å². The lowest BCUT2D eigenvalue weighted by Gasteiger charge is -2.37. The van der Waals surface area contributed by atoms with Crippen molar-refractivity contribution in [3.63, 3.8) is 0 Å². The second-order valence-corrected chi connectivity index (χ2v) is 5.76. The van der Waals surface area contributed by atoms with Gasteiger partial charge in [-0.25, -0.2) is 4.39 Å². The van der Waals surface area contributed by atoms with Crippen molar-refractivity contribution < 1.29 is 23.4 Å². The van der Waals surface area contributed by atoms with Crippen LogP contribution in [-0.4, -0.2) is 49.5 Å². The third-order valence-corrected chi connectivity index (χ3v) is 4.23. The van der Waals surface area contributed by atoms with Gasteiger partial charge in [0.2, 0.25) is 0 Å². The summed E-state index contributed by atoms with van der Waals surface area (Å²) in [6, 6.07) is 4.01. The summed E-state index contributed by atoms with van der Waals surface area (Å²) in [5, 5.41) is -0.0274. The third kappa shape index (κ3) is 3.34. The van der Waals surface area contributed by atoms with Crippen LogP contribution in [0.25, 0.3) is 0 Å². The number of carbonyl (C=O) groups is 1. The number of benzene rings is 1. The average Bonchev–Trinajstić information content (AvgIpc) is 2.97. The molecule has 2 heterocycles. The minimum Gasteiger partial charge on any atom is -0.484 e. The van der Waals surface area contributed by atoms with Gasteiger partial charge in [0.05, 0.1) is 18.2 Å². The number of nitrogens with zero attached hydrogens (tertiary/aromatic N) is 1. The first-order chi connectivity index (χ1) is 10.6. The van der Waals surface area contributed by atoms with Crippen molar-refractivity contribution in [3.8, 4) is 5.75 Å². The first kappa shape index (κ1) is 15.5. The first-order valence-corrected chi connectivity index (χ1v) is 7.59. The normalized spacial score (nSPS) is 20.4. The second kappa shape index (κ2) is 6.40. The highest BCUT2D eigenvalue weighted by atomic mass is 35.5. The third-order valence-electron chi connectivity index (χ3n) is 3.94. The van der Waals surface area contributed by atoms with E-state index in [4.69, 9.17) is 25.8 Å². The Labute approximate surface area is 132 Å². The summed E-state index contributed by atoms with van der Waals surface area (Å²) in [4.78, 5) is 13.9. The van der Waals surface area contributed by atoms with Crippen molar-refractivity contribution in [2.45, 2.75) is 18.6 Å². The van der Waals surface area contributed by atoms with E-state index in [1.165, 1.54) is 18.2 Å². The summed E-state index contributed by atoms with van der Waals surface area (Å²) in [5.41, 5.74) is 0. The topological polar surface area (TPSA) is 48.0 Å². The Kier molecular flexibility index (Phi) is 4.52. The van der Waals surface area contributed by atoms with Gasteiger partial charge in [-0.1, -0.05) is 11.6 Å². The van der Waals surface area contributed by atoms with E-state index < -0.39 is 11.6 Å². The smallest absolute Gasteiger partial charge is 0.260 e. The minimum atomic E-state index is -0.516. The number of piperidine rings is 1. The number of carbonyl (C=O) groups excluding carboxylic acids is 1. The molecule has 2 fully saturated rings. The van der Waals surface area contributed by atoms with Crippen LogP contribution in [0.5, 0.6) is 5.75 Å². The van der Waals surface area contributed by atoms with Crippen LogP contribution < -0.4 is 4.74 Å². The number of rotatable bonds is 3. The number of ether oxygens (including phenoxy) is 3. The van der Waals surface area contributed by atoms with E-state index in [9.17, 15) is 9.18 Å². The Morgan fingerprint density at radius 1 is 1.32 bits per heavy atom. The predicted octanol–water partition coefficient (Wildman–Crippen LogP) is 2.22. The summed E-state index contributed by atoms with van der Waals surface area (Å²) < 4.78 is 29.7. The van der Waals surface area contributed by atoms with Gasteiger partial charge in [-0.2, -0.15) is 0 Å². The molecule has 1 aromatic rings. The fourth-order valence-corrected chi connectivity index (χ4v) is 2.86. The Balaban J connectivity index is 1.49. The molecule has 5 nitrogen and oxygen atoms in total. The maximum Gasteiger partial charge on any atom is 0.260 e. The molecule has 0 saturated carbocycles. The summed E-state index contributed by atoms with van der Waals surface area (Å²) in [7, 11) is 0. The molecule has 7 heteroatoms. The molecule has 2 aliphatic heterocycles. The molecule has 1 amide bonds. The summed E-state index contributed by atoms with van der Waals surface area (Å²) in [5.74, 6) is -0.760. The summed E-state index contributed by atoms with van der Waals surface area (Å²) in [6.45, 7) is 2.28. The van der Waals surface area contributed by atoms with Gasteiger partial charge in [-0.05, 0) is 12.1 Å². The molecule has 0 aliphatic carbocycles. The zero-order chi connectivity index (χ0) is 15.6. The molecule has 0 radical (unpaired) electrons. The van der Waals surface area contributed by atoms with Gasteiger partial charge in [0.15, 0.2) is 12.4 Å². The fourth-order valence-electron chi connectivity index (χ4n) is 2.69. The Hall–Kier alpha value is -1.37. The number of hydrogen-bond donors (Lipinski definition) is 0. The standard InChI is InChI=1S/C15H17ClFNO4/c16-12-9-11(1-2-13(12)17)20-10-14(19)18-5-3-15(4-6-18)21-7-8-22-15/h1-2,9H,3-8,10H2. The van der Waals surface area contributed by atoms with Crippen molar-refractivity contribution in [2.24, 2.45) is 0 Å². The van der Waals surface area contributed by atoms with Crippen LogP contribution in [0.3, 0.4) is 0 Å². The quantitative estimate of drug-likeness (QED) is 0.853. The monoisotopic (exact) mass is 329 g/mol. The molecule has 0 aromatic heterocycles. The lowest BCUT2D eigenvalue weighted by atomic mass is 10.0. The minimum absolute atomic E-state index is 0.0274. The maximum absolute atomic E-state index is 13.0. The van der Waals surface area contributed by atoms with Crippen LogP contribution in [0.2, 0.25) is 5.02 Å². The van der Waals surface area contributed by atoms with E-state index in [1.54, 1.807) is 4.90 Å². The Bertz CT molecular complexity index is 552. The highest BCUT2D eigenvalue weighted by Crippen LogP contribution is 2.31. The fraction of sp³-hybridized carbons (Fsp3) is 0.533. The van der Waals surface area contributed by atoms with Crippen molar-refractivity contribution in [1.82, 2.24) is 4.90 Å². The van der Waals surface area contributed by atoms with E-state index in [2.05, 4.69) is 0 Å². The Morgan fingerprint density at radius 2 is 2.00 bits per heavy atom. The molecule has 1 spiro atoms. The maximum atomic E-state index is 13.0. The highest BCUT2D eigenvalue weighted by Gasteiger charge is 2.40. The van der Waals surface area contributed by atoms with Gasteiger partial charge in [0.25, 0.3) is 5.91 Å². The van der Waals surface area contributed by atoms with Crippen LogP contribution in [0.15, 0.2) is 18.2 Å². The van der Waals surface area contributed by atoms with Gasteiger partial charge < -0.3 is 19.1 Å². The van der Waals surface area contributed by atoms with Crippen molar-refractivity contribution >= 4 is 17.5 Å². The first-order valence-electron chi connectivity index (χ1n) is 7.22. The molecule has 2 aliphatic rings. The largest absolute Gasteiger partial charge is 0.484 e. The zero-order valence-corrected chi connectivity index (χ0v) is 12.8. The van der Waals surface area contributed by atoms with Gasteiger partial charge in [-0.15, -0.1) is 0 Å². The molecule has 0 N–H and O–H groups in total. The van der Waals surface area contributed by atoms with Crippen molar-refractivity contribution in [3.05, 3.63) is 29.0 Å². The lowest BCUT2D eigenvalue weighted by Crippen LogP contribution is -2.48. The number of amides is 1. The van der Waals surface area contributed by atoms with Crippen LogP contribution in [0.4, 0.5) is 4.39 Å². The molecule has 120 valence electrons. The van der Waals surface area contributed by atoms with E-state index in [1.807, 2.05) is 0 Å². The van der Waals surface area contributed by atoms with Crippen LogP contribution >= 0.6 is 11.6 Å². The number of hydrogen-bond acceptors (Lipinski definition) is 4. The molecule has 22 heavy (non-hydrogen) atoms. The summed E-state index contributed by atoms with van der Waals surface area (Å²) >= 11 is 5.67. The molecular weight excluding hydrogens is 313 g/mol. The Morgan fingerprint density at radius 3 is 2.64 bits per heavy atom. The van der Waals surface area contributed by atoms with Crippen LogP contribution in [-0.2, 0) is 14.3 Å². The van der Waals surface area contributed by atoms with Crippen LogP contribution in [0.1, 0.15) is 12.8 Å². The van der Waals surface area contributed by atoms with Gasteiger partial charge in [0.1, 0.15) is 11.6 Å². The predicted molar refractivity (Wildman–Crippen MR) is 77.4 cm³/mol. The van der Waals surface area contributed by atoms with E-state index in [-0.39, 0.29) is 17.5 Å². The van der Waals surface area contributed by atoms with Gasteiger partial charge in [-0.3, -0.25) is 4.79 Å².